The van der Waals surface area contributed by atoms with Crippen molar-refractivity contribution in [3.63, 3.8) is 0 Å². The first-order valence-electron chi connectivity index (χ1n) is 11.1. The van der Waals surface area contributed by atoms with Gasteiger partial charge in [-0.25, -0.2) is 8.42 Å². The van der Waals surface area contributed by atoms with Crippen LogP contribution >= 0.6 is 0 Å². The number of carbonyl (C=O) groups is 1. The van der Waals surface area contributed by atoms with Gasteiger partial charge in [0, 0.05) is 6.07 Å². The number of nitrogens with one attached hydrogen (secondary N) is 1. The molecule has 0 aromatic heterocycles. The standard InChI is InChI=1S/C27H32N2O4S/c1-20(21-14-16-22(17-15-21)27(2,3)4)28-26(30)19-29(23-10-9-11-24(18-23)33-5)34(31,32)25-12-7-6-8-13-25/h6-18,20H,19H2,1-5H3,(H,28,30)/t20-/m1/s1. The number of methoxy groups -OCH3 is 1. The lowest BCUT2D eigenvalue weighted by Gasteiger charge is -2.25. The van der Waals surface area contributed by atoms with Gasteiger partial charge in [-0.05, 0) is 47.7 Å². The largest absolute Gasteiger partial charge is 0.497 e. The van der Waals surface area contributed by atoms with Gasteiger partial charge >= 0.3 is 0 Å². The molecule has 34 heavy (non-hydrogen) atoms. The molecule has 180 valence electrons. The molecule has 0 spiro atoms. The second kappa shape index (κ2) is 10.3. The van der Waals surface area contributed by atoms with Crippen LogP contribution in [-0.2, 0) is 20.2 Å². The van der Waals surface area contributed by atoms with Crippen LogP contribution in [-0.4, -0.2) is 28.0 Å². The Morgan fingerprint density at radius 1 is 0.971 bits per heavy atom. The Balaban J connectivity index is 1.85. The average Bonchev–Trinajstić information content (AvgIpc) is 2.82. The highest BCUT2D eigenvalue weighted by atomic mass is 32.2. The lowest BCUT2D eigenvalue weighted by atomic mass is 9.86. The molecule has 1 atom stereocenters. The molecule has 0 saturated heterocycles. The van der Waals surface area contributed by atoms with Crippen LogP contribution in [0.2, 0.25) is 0 Å². The fraction of sp³-hybridized carbons (Fsp3) is 0.296. The molecule has 1 N–H and O–H groups in total. The van der Waals surface area contributed by atoms with Gasteiger partial charge < -0.3 is 10.1 Å². The third-order valence-corrected chi connectivity index (χ3v) is 7.40. The van der Waals surface area contributed by atoms with Gasteiger partial charge in [0.15, 0.2) is 0 Å². The van der Waals surface area contributed by atoms with Gasteiger partial charge in [0.05, 0.1) is 23.7 Å². The molecular formula is C27H32N2O4S. The maximum absolute atomic E-state index is 13.5. The summed E-state index contributed by atoms with van der Waals surface area (Å²) in [4.78, 5) is 13.1. The predicted molar refractivity (Wildman–Crippen MR) is 136 cm³/mol. The number of nitrogens with zero attached hydrogens (tertiary/aromatic N) is 1. The molecule has 3 aromatic carbocycles. The monoisotopic (exact) mass is 480 g/mol. The summed E-state index contributed by atoms with van der Waals surface area (Å²) in [6.07, 6.45) is 0. The summed E-state index contributed by atoms with van der Waals surface area (Å²) in [5.74, 6) is 0.0909. The smallest absolute Gasteiger partial charge is 0.264 e. The van der Waals surface area contributed by atoms with E-state index in [9.17, 15) is 13.2 Å². The summed E-state index contributed by atoms with van der Waals surface area (Å²) in [7, 11) is -2.47. The number of benzene rings is 3. The van der Waals surface area contributed by atoms with Crippen molar-refractivity contribution in [3.8, 4) is 5.75 Å². The van der Waals surface area contributed by atoms with E-state index in [1.807, 2.05) is 19.1 Å². The summed E-state index contributed by atoms with van der Waals surface area (Å²) in [5.41, 5.74) is 2.53. The van der Waals surface area contributed by atoms with Crippen molar-refractivity contribution in [2.24, 2.45) is 0 Å². The molecule has 0 radical (unpaired) electrons. The summed E-state index contributed by atoms with van der Waals surface area (Å²) in [5, 5.41) is 2.93. The molecule has 3 aromatic rings. The third kappa shape index (κ3) is 5.97. The van der Waals surface area contributed by atoms with Crippen molar-refractivity contribution >= 4 is 21.6 Å². The lowest BCUT2D eigenvalue weighted by Crippen LogP contribution is -2.41. The predicted octanol–water partition coefficient (Wildman–Crippen LogP) is 5.07. The van der Waals surface area contributed by atoms with E-state index in [0.717, 1.165) is 9.87 Å². The SMILES string of the molecule is COc1cccc(N(CC(=O)N[C@H](C)c2ccc(C(C)(C)C)cc2)S(=O)(=O)c2ccccc2)c1. The average molecular weight is 481 g/mol. The van der Waals surface area contributed by atoms with E-state index in [-0.39, 0.29) is 22.9 Å². The molecule has 7 heteroatoms. The minimum absolute atomic E-state index is 0.0358. The van der Waals surface area contributed by atoms with Crippen molar-refractivity contribution in [1.29, 1.82) is 0 Å². The van der Waals surface area contributed by atoms with Crippen LogP contribution in [0.1, 0.15) is 44.9 Å². The molecule has 0 aliphatic rings. The summed E-state index contributed by atoms with van der Waals surface area (Å²) in [6, 6.07) is 22.5. The number of carbonyl (C=O) groups excluding carboxylic acids is 1. The number of hydrogen-bond donors (Lipinski definition) is 1. The molecule has 0 heterocycles. The summed E-state index contributed by atoms with van der Waals surface area (Å²) < 4.78 is 33.3. The van der Waals surface area contributed by atoms with Crippen LogP contribution in [0, 0.1) is 0 Å². The highest BCUT2D eigenvalue weighted by Crippen LogP contribution is 2.27. The normalized spacial score (nSPS) is 12.6. The summed E-state index contributed by atoms with van der Waals surface area (Å²) >= 11 is 0. The quantitative estimate of drug-likeness (QED) is 0.489. The van der Waals surface area contributed by atoms with Gasteiger partial charge in [-0.2, -0.15) is 0 Å². The van der Waals surface area contributed by atoms with Gasteiger partial charge in [0.25, 0.3) is 10.0 Å². The highest BCUT2D eigenvalue weighted by Gasteiger charge is 2.28. The number of ether oxygens (including phenoxy) is 1. The maximum atomic E-state index is 13.5. The molecule has 0 unspecified atom stereocenters. The molecule has 3 rings (SSSR count). The maximum Gasteiger partial charge on any atom is 0.264 e. The summed E-state index contributed by atoms with van der Waals surface area (Å²) in [6.45, 7) is 7.95. The van der Waals surface area contributed by atoms with E-state index in [4.69, 9.17) is 4.74 Å². The van der Waals surface area contributed by atoms with Gasteiger partial charge in [0.2, 0.25) is 5.91 Å². The Hall–Kier alpha value is -3.32. The van der Waals surface area contributed by atoms with E-state index >= 15 is 0 Å². The fourth-order valence-electron chi connectivity index (χ4n) is 3.57. The van der Waals surface area contributed by atoms with Crippen LogP contribution in [0.3, 0.4) is 0 Å². The zero-order valence-corrected chi connectivity index (χ0v) is 21.1. The Bertz CT molecular complexity index is 1220. The van der Waals surface area contributed by atoms with Crippen LogP contribution in [0.25, 0.3) is 0 Å². The van der Waals surface area contributed by atoms with E-state index < -0.39 is 15.9 Å². The minimum Gasteiger partial charge on any atom is -0.497 e. The van der Waals surface area contributed by atoms with E-state index in [1.165, 1.54) is 24.8 Å². The molecule has 6 nitrogen and oxygen atoms in total. The second-order valence-corrected chi connectivity index (χ2v) is 11.0. The second-order valence-electron chi connectivity index (χ2n) is 9.19. The highest BCUT2D eigenvalue weighted by molar-refractivity contribution is 7.92. The third-order valence-electron chi connectivity index (χ3n) is 5.61. The Kier molecular flexibility index (Phi) is 7.67. The van der Waals surface area contributed by atoms with E-state index in [0.29, 0.717) is 11.4 Å². The number of rotatable bonds is 8. The molecule has 0 fully saturated rings. The zero-order valence-electron chi connectivity index (χ0n) is 20.3. The molecule has 1 amide bonds. The number of amides is 1. The zero-order chi connectivity index (χ0) is 24.9. The van der Waals surface area contributed by atoms with Crippen LogP contribution in [0.5, 0.6) is 5.75 Å². The number of anilines is 1. The van der Waals surface area contributed by atoms with Crippen LogP contribution in [0.4, 0.5) is 5.69 Å². The number of sulfonamides is 1. The van der Waals surface area contributed by atoms with E-state index in [2.05, 4.69) is 38.2 Å². The van der Waals surface area contributed by atoms with Crippen molar-refractivity contribution in [1.82, 2.24) is 5.32 Å². The first-order valence-corrected chi connectivity index (χ1v) is 12.6. The fourth-order valence-corrected chi connectivity index (χ4v) is 5.01. The first-order chi connectivity index (χ1) is 16.0. The van der Waals surface area contributed by atoms with Crippen molar-refractivity contribution < 1.29 is 17.9 Å². The van der Waals surface area contributed by atoms with Gasteiger partial charge in [-0.1, -0.05) is 69.3 Å². The van der Waals surface area contributed by atoms with Gasteiger partial charge in [-0.3, -0.25) is 9.10 Å². The van der Waals surface area contributed by atoms with Crippen LogP contribution < -0.4 is 14.4 Å². The Morgan fingerprint density at radius 2 is 1.62 bits per heavy atom. The molecule has 0 aliphatic carbocycles. The Labute approximate surface area is 202 Å². The molecular weight excluding hydrogens is 448 g/mol. The number of hydrogen-bond acceptors (Lipinski definition) is 4. The van der Waals surface area contributed by atoms with Crippen molar-refractivity contribution in [2.45, 2.75) is 44.0 Å². The first kappa shape index (κ1) is 25.3. The Morgan fingerprint density at radius 3 is 2.21 bits per heavy atom. The minimum atomic E-state index is -3.98. The van der Waals surface area contributed by atoms with Crippen molar-refractivity contribution in [2.75, 3.05) is 18.0 Å². The molecule has 0 aliphatic heterocycles. The van der Waals surface area contributed by atoms with Crippen molar-refractivity contribution in [3.05, 3.63) is 90.0 Å². The van der Waals surface area contributed by atoms with E-state index in [1.54, 1.807) is 42.5 Å². The molecule has 0 bridgehead atoms. The van der Waals surface area contributed by atoms with Gasteiger partial charge in [0.1, 0.15) is 12.3 Å². The van der Waals surface area contributed by atoms with Gasteiger partial charge in [-0.15, -0.1) is 0 Å². The lowest BCUT2D eigenvalue weighted by molar-refractivity contribution is -0.120. The molecule has 0 saturated carbocycles. The van der Waals surface area contributed by atoms with Crippen LogP contribution in [0.15, 0.2) is 83.8 Å². The topological polar surface area (TPSA) is 75.7 Å².